The van der Waals surface area contributed by atoms with Crippen molar-refractivity contribution in [3.63, 3.8) is 0 Å². The van der Waals surface area contributed by atoms with Gasteiger partial charge in [0.25, 0.3) is 0 Å². The second-order valence-corrected chi connectivity index (χ2v) is 4.49. The van der Waals surface area contributed by atoms with Crippen LogP contribution in [0.2, 0.25) is 0 Å². The summed E-state index contributed by atoms with van der Waals surface area (Å²) in [5.74, 6) is 1.01. The molecule has 0 unspecified atom stereocenters. The third-order valence-corrected chi connectivity index (χ3v) is 2.37. The van der Waals surface area contributed by atoms with Crippen LogP contribution in [0.25, 0.3) is 0 Å². The molecular formula is C10H19NO2. The molecule has 13 heavy (non-hydrogen) atoms. The Morgan fingerprint density at radius 1 is 1.38 bits per heavy atom. The summed E-state index contributed by atoms with van der Waals surface area (Å²) in [4.78, 5) is 11.0. The van der Waals surface area contributed by atoms with E-state index >= 15 is 0 Å². The van der Waals surface area contributed by atoms with Crippen LogP contribution in [0.4, 0.5) is 4.79 Å². The van der Waals surface area contributed by atoms with Crippen LogP contribution in [-0.4, -0.2) is 18.2 Å². The van der Waals surface area contributed by atoms with E-state index in [1.54, 1.807) is 0 Å². The van der Waals surface area contributed by atoms with Gasteiger partial charge in [0.1, 0.15) is 6.10 Å². The highest BCUT2D eigenvalue weighted by Gasteiger charge is 2.35. The first-order valence-electron chi connectivity index (χ1n) is 4.98. The predicted octanol–water partition coefficient (Wildman–Crippen LogP) is 2.17. The smallest absolute Gasteiger partial charge is 0.407 e. The van der Waals surface area contributed by atoms with Crippen LogP contribution in [0, 0.1) is 11.8 Å². The lowest BCUT2D eigenvalue weighted by Gasteiger charge is -2.21. The Kier molecular flexibility index (Phi) is 3.17. The molecule has 1 saturated heterocycles. The normalized spacial score (nSPS) is 28.0. The van der Waals surface area contributed by atoms with Crippen molar-refractivity contribution in [3.8, 4) is 0 Å². The van der Waals surface area contributed by atoms with E-state index < -0.39 is 0 Å². The lowest BCUT2D eigenvalue weighted by molar-refractivity contribution is 0.110. The number of hydrogen-bond donors (Lipinski definition) is 1. The molecule has 0 aromatic heterocycles. The summed E-state index contributed by atoms with van der Waals surface area (Å²) in [6, 6.07) is 0.190. The largest absolute Gasteiger partial charge is 0.444 e. The Bertz CT molecular complexity index is 189. The highest BCUT2D eigenvalue weighted by Crippen LogP contribution is 2.21. The Balaban J connectivity index is 2.55. The van der Waals surface area contributed by atoms with Crippen molar-refractivity contribution < 1.29 is 9.53 Å². The van der Waals surface area contributed by atoms with Crippen LogP contribution in [0.5, 0.6) is 0 Å². The van der Waals surface area contributed by atoms with Gasteiger partial charge in [-0.15, -0.1) is 0 Å². The van der Waals surface area contributed by atoms with Crippen molar-refractivity contribution in [1.29, 1.82) is 0 Å². The lowest BCUT2D eigenvalue weighted by Crippen LogP contribution is -2.36. The SMILES string of the molecule is CC(C)C[C@@H]1OC(=O)N[C@H]1C(C)C. The predicted molar refractivity (Wildman–Crippen MR) is 51.5 cm³/mol. The zero-order chi connectivity index (χ0) is 10.0. The third-order valence-electron chi connectivity index (χ3n) is 2.37. The van der Waals surface area contributed by atoms with Crippen LogP contribution in [0.3, 0.4) is 0 Å². The van der Waals surface area contributed by atoms with E-state index in [9.17, 15) is 4.79 Å². The summed E-state index contributed by atoms with van der Waals surface area (Å²) in [7, 11) is 0. The van der Waals surface area contributed by atoms with Gasteiger partial charge in [0.2, 0.25) is 0 Å². The van der Waals surface area contributed by atoms with Crippen molar-refractivity contribution in [1.82, 2.24) is 5.32 Å². The summed E-state index contributed by atoms with van der Waals surface area (Å²) in [5, 5.41) is 2.85. The number of cyclic esters (lactones) is 1. The molecule has 1 N–H and O–H groups in total. The Hall–Kier alpha value is -0.730. The highest BCUT2D eigenvalue weighted by atomic mass is 16.6. The van der Waals surface area contributed by atoms with Gasteiger partial charge in [-0.2, -0.15) is 0 Å². The third kappa shape index (κ3) is 2.61. The fraction of sp³-hybridized carbons (Fsp3) is 0.900. The van der Waals surface area contributed by atoms with E-state index in [4.69, 9.17) is 4.74 Å². The second-order valence-electron chi connectivity index (χ2n) is 4.49. The molecule has 1 fully saturated rings. The molecule has 1 amide bonds. The van der Waals surface area contributed by atoms with Crippen molar-refractivity contribution in [2.45, 2.75) is 46.3 Å². The first-order chi connectivity index (χ1) is 6.00. The van der Waals surface area contributed by atoms with Gasteiger partial charge in [0, 0.05) is 0 Å². The molecule has 2 atom stereocenters. The molecule has 0 aromatic carbocycles. The van der Waals surface area contributed by atoms with Gasteiger partial charge < -0.3 is 10.1 Å². The number of carbonyl (C=O) groups is 1. The Morgan fingerprint density at radius 2 is 2.00 bits per heavy atom. The van der Waals surface area contributed by atoms with Crippen LogP contribution in [0.15, 0.2) is 0 Å². The molecule has 1 aliphatic heterocycles. The van der Waals surface area contributed by atoms with Gasteiger partial charge in [-0.25, -0.2) is 4.79 Å². The number of nitrogens with one attached hydrogen (secondary N) is 1. The molecule has 1 heterocycles. The fourth-order valence-electron chi connectivity index (χ4n) is 1.73. The van der Waals surface area contributed by atoms with Crippen LogP contribution >= 0.6 is 0 Å². The molecule has 0 saturated carbocycles. The number of alkyl carbamates (subject to hydrolysis) is 1. The molecule has 0 bridgehead atoms. The van der Waals surface area contributed by atoms with Gasteiger partial charge in [0.05, 0.1) is 6.04 Å². The molecule has 1 aliphatic rings. The standard InChI is InChI=1S/C10H19NO2/c1-6(2)5-8-9(7(3)4)11-10(12)13-8/h6-9H,5H2,1-4H3,(H,11,12)/t8-,9-/m0/s1. The monoisotopic (exact) mass is 185 g/mol. The number of amides is 1. The van der Waals surface area contributed by atoms with Gasteiger partial charge in [0.15, 0.2) is 0 Å². The summed E-state index contributed by atoms with van der Waals surface area (Å²) < 4.78 is 5.20. The zero-order valence-electron chi connectivity index (χ0n) is 8.83. The van der Waals surface area contributed by atoms with Crippen molar-refractivity contribution in [2.75, 3.05) is 0 Å². The number of rotatable bonds is 3. The number of carbonyl (C=O) groups excluding carboxylic acids is 1. The maximum atomic E-state index is 11.0. The molecule has 0 aromatic rings. The minimum Gasteiger partial charge on any atom is -0.444 e. The van der Waals surface area contributed by atoms with Crippen LogP contribution < -0.4 is 5.32 Å². The highest BCUT2D eigenvalue weighted by molar-refractivity contribution is 5.70. The van der Waals surface area contributed by atoms with E-state index in [1.165, 1.54) is 0 Å². The Morgan fingerprint density at radius 3 is 2.46 bits per heavy atom. The minimum absolute atomic E-state index is 0.0625. The quantitative estimate of drug-likeness (QED) is 0.731. The average molecular weight is 185 g/mol. The maximum Gasteiger partial charge on any atom is 0.407 e. The molecule has 3 nitrogen and oxygen atoms in total. The fourth-order valence-corrected chi connectivity index (χ4v) is 1.73. The van der Waals surface area contributed by atoms with Crippen molar-refractivity contribution >= 4 is 6.09 Å². The van der Waals surface area contributed by atoms with Crippen LogP contribution in [-0.2, 0) is 4.74 Å². The van der Waals surface area contributed by atoms with Crippen molar-refractivity contribution in [2.24, 2.45) is 11.8 Å². The molecule has 0 aliphatic carbocycles. The molecule has 3 heteroatoms. The molecule has 0 spiro atoms. The molecule has 0 radical (unpaired) electrons. The van der Waals surface area contributed by atoms with E-state index in [0.29, 0.717) is 11.8 Å². The van der Waals surface area contributed by atoms with Crippen molar-refractivity contribution in [3.05, 3.63) is 0 Å². The average Bonchev–Trinajstić information content (AvgIpc) is 2.29. The van der Waals surface area contributed by atoms with Gasteiger partial charge in [-0.05, 0) is 18.3 Å². The Labute approximate surface area is 79.8 Å². The van der Waals surface area contributed by atoms with E-state index in [0.717, 1.165) is 6.42 Å². The summed E-state index contributed by atoms with van der Waals surface area (Å²) in [6.07, 6.45) is 0.749. The van der Waals surface area contributed by atoms with E-state index in [1.807, 2.05) is 0 Å². The van der Waals surface area contributed by atoms with Gasteiger partial charge in [-0.1, -0.05) is 27.7 Å². The first-order valence-corrected chi connectivity index (χ1v) is 4.98. The minimum atomic E-state index is -0.260. The second kappa shape index (κ2) is 3.99. The molecular weight excluding hydrogens is 166 g/mol. The maximum absolute atomic E-state index is 11.0. The summed E-state index contributed by atoms with van der Waals surface area (Å²) in [5.41, 5.74) is 0. The van der Waals surface area contributed by atoms with E-state index in [2.05, 4.69) is 33.0 Å². The van der Waals surface area contributed by atoms with Gasteiger partial charge >= 0.3 is 6.09 Å². The number of hydrogen-bond acceptors (Lipinski definition) is 2. The summed E-state index contributed by atoms with van der Waals surface area (Å²) in [6.45, 7) is 8.49. The van der Waals surface area contributed by atoms with Gasteiger partial charge in [-0.3, -0.25) is 0 Å². The molecule has 1 rings (SSSR count). The topological polar surface area (TPSA) is 38.3 Å². The zero-order valence-corrected chi connectivity index (χ0v) is 8.83. The number of ether oxygens (including phenoxy) is 1. The molecule has 76 valence electrons. The van der Waals surface area contributed by atoms with E-state index in [-0.39, 0.29) is 18.2 Å². The lowest BCUT2D eigenvalue weighted by atomic mass is 9.93. The first kappa shape index (κ1) is 10.4. The van der Waals surface area contributed by atoms with Crippen LogP contribution in [0.1, 0.15) is 34.1 Å². The summed E-state index contributed by atoms with van der Waals surface area (Å²) >= 11 is 0.